The van der Waals surface area contributed by atoms with Crippen LogP contribution in [0.4, 0.5) is 5.69 Å². The first-order valence-electron chi connectivity index (χ1n) is 14.9. The lowest BCUT2D eigenvalue weighted by Crippen LogP contribution is -2.32. The van der Waals surface area contributed by atoms with Crippen molar-refractivity contribution in [3.8, 4) is 17.0 Å². The number of pyridine rings is 1. The molecule has 3 aliphatic heterocycles. The van der Waals surface area contributed by atoms with E-state index in [1.807, 2.05) is 30.3 Å². The summed E-state index contributed by atoms with van der Waals surface area (Å²) in [6.07, 6.45) is 8.64. The third kappa shape index (κ3) is 4.05. The van der Waals surface area contributed by atoms with E-state index in [2.05, 4.69) is 131 Å². The molecule has 0 radical (unpaired) electrons. The van der Waals surface area contributed by atoms with Gasteiger partial charge in [-0.3, -0.25) is 0 Å². The monoisotopic (exact) mass is 568 g/mol. The lowest BCUT2D eigenvalue weighted by atomic mass is 9.96. The van der Waals surface area contributed by atoms with Crippen molar-refractivity contribution in [1.82, 2.24) is 15.2 Å². The number of nitrogens with one attached hydrogen (secondary N) is 2. The summed E-state index contributed by atoms with van der Waals surface area (Å²) in [5.74, 6) is 0.861. The van der Waals surface area contributed by atoms with Gasteiger partial charge in [0.1, 0.15) is 11.9 Å². The SMILES string of the molecule is C1=CN2C=C(c3ccccc3)NC2C=C1c1ccc(-c2nc3ccccc3c3c4c(ccc23)OC(c2ccccc2)N4)cc1. The molecule has 9 rings (SSSR count). The molecule has 44 heavy (non-hydrogen) atoms. The largest absolute Gasteiger partial charge is 0.464 e. The van der Waals surface area contributed by atoms with Gasteiger partial charge in [0.05, 0.1) is 22.6 Å². The van der Waals surface area contributed by atoms with E-state index in [9.17, 15) is 0 Å². The van der Waals surface area contributed by atoms with Crippen LogP contribution in [0, 0.1) is 0 Å². The fourth-order valence-electron chi connectivity index (χ4n) is 6.50. The third-order valence-corrected chi connectivity index (χ3v) is 8.69. The van der Waals surface area contributed by atoms with E-state index < -0.39 is 0 Å². The molecule has 5 heteroatoms. The number of rotatable bonds is 4. The predicted octanol–water partition coefficient (Wildman–Crippen LogP) is 8.70. The van der Waals surface area contributed by atoms with Gasteiger partial charge in [-0.2, -0.15) is 0 Å². The van der Waals surface area contributed by atoms with Gasteiger partial charge in [0, 0.05) is 39.7 Å². The van der Waals surface area contributed by atoms with E-state index in [0.717, 1.165) is 55.6 Å². The highest BCUT2D eigenvalue weighted by atomic mass is 16.5. The van der Waals surface area contributed by atoms with E-state index in [-0.39, 0.29) is 12.4 Å². The number of nitrogens with zero attached hydrogens (tertiary/aromatic N) is 2. The molecule has 1 aromatic heterocycles. The van der Waals surface area contributed by atoms with E-state index >= 15 is 0 Å². The number of fused-ring (bicyclic) bond motifs is 6. The molecule has 5 nitrogen and oxygen atoms in total. The molecule has 3 aliphatic rings. The fraction of sp³-hybridized carbons (Fsp3) is 0.0513. The van der Waals surface area contributed by atoms with Crippen LogP contribution in [0.25, 0.3) is 44.2 Å². The van der Waals surface area contributed by atoms with Crippen LogP contribution < -0.4 is 15.4 Å². The highest BCUT2D eigenvalue weighted by Crippen LogP contribution is 2.47. The Bertz CT molecular complexity index is 2150. The molecule has 2 N–H and O–H groups in total. The number of anilines is 1. The Morgan fingerprint density at radius 2 is 1.41 bits per heavy atom. The summed E-state index contributed by atoms with van der Waals surface area (Å²) in [5.41, 5.74) is 9.80. The molecule has 0 spiro atoms. The molecule has 0 aliphatic carbocycles. The van der Waals surface area contributed by atoms with E-state index in [1.54, 1.807) is 0 Å². The van der Waals surface area contributed by atoms with Gasteiger partial charge < -0.3 is 20.3 Å². The molecular formula is C39H28N4O. The summed E-state index contributed by atoms with van der Waals surface area (Å²) in [6, 6.07) is 42.1. The van der Waals surface area contributed by atoms with Crippen LogP contribution in [0.2, 0.25) is 0 Å². The number of hydrogen-bond donors (Lipinski definition) is 2. The second-order valence-corrected chi connectivity index (χ2v) is 11.4. The topological polar surface area (TPSA) is 49.4 Å². The van der Waals surface area contributed by atoms with Crippen LogP contribution in [-0.2, 0) is 0 Å². The number of allylic oxidation sites excluding steroid dienone is 2. The summed E-state index contributed by atoms with van der Waals surface area (Å²) in [4.78, 5) is 7.39. The Morgan fingerprint density at radius 3 is 2.25 bits per heavy atom. The average Bonchev–Trinajstić information content (AvgIpc) is 3.73. The molecule has 0 fully saturated rings. The Hall–Kier alpha value is -5.81. The smallest absolute Gasteiger partial charge is 0.196 e. The highest BCUT2D eigenvalue weighted by Gasteiger charge is 2.28. The Morgan fingerprint density at radius 1 is 0.659 bits per heavy atom. The van der Waals surface area contributed by atoms with Crippen LogP contribution >= 0.6 is 0 Å². The third-order valence-electron chi connectivity index (χ3n) is 8.69. The Kier molecular flexibility index (Phi) is 5.56. The van der Waals surface area contributed by atoms with Gasteiger partial charge in [0.2, 0.25) is 0 Å². The zero-order valence-electron chi connectivity index (χ0n) is 23.8. The van der Waals surface area contributed by atoms with E-state index in [1.165, 1.54) is 16.7 Å². The Labute approximate surface area is 255 Å². The second-order valence-electron chi connectivity index (χ2n) is 11.4. The van der Waals surface area contributed by atoms with E-state index in [0.29, 0.717) is 0 Å². The van der Waals surface area contributed by atoms with Crippen molar-refractivity contribution >= 4 is 38.6 Å². The van der Waals surface area contributed by atoms with Crippen molar-refractivity contribution < 1.29 is 4.74 Å². The lowest BCUT2D eigenvalue weighted by molar-refractivity contribution is 0.260. The number of ether oxygens (including phenoxy) is 1. The highest BCUT2D eigenvalue weighted by molar-refractivity contribution is 6.17. The number of benzene rings is 5. The quantitative estimate of drug-likeness (QED) is 0.208. The van der Waals surface area contributed by atoms with Gasteiger partial charge in [0.15, 0.2) is 6.23 Å². The zero-order valence-corrected chi connectivity index (χ0v) is 23.8. The molecule has 5 aromatic carbocycles. The van der Waals surface area contributed by atoms with Crippen LogP contribution in [0.1, 0.15) is 22.9 Å². The predicted molar refractivity (Wildman–Crippen MR) is 178 cm³/mol. The molecular weight excluding hydrogens is 540 g/mol. The zero-order chi connectivity index (χ0) is 29.0. The molecule has 4 heterocycles. The molecule has 2 unspecified atom stereocenters. The molecule has 0 amide bonds. The molecule has 0 saturated carbocycles. The van der Waals surface area contributed by atoms with Crippen molar-refractivity contribution in [2.45, 2.75) is 12.4 Å². The van der Waals surface area contributed by atoms with Crippen molar-refractivity contribution in [3.05, 3.63) is 163 Å². The van der Waals surface area contributed by atoms with E-state index in [4.69, 9.17) is 9.72 Å². The van der Waals surface area contributed by atoms with Gasteiger partial charge in [-0.1, -0.05) is 103 Å². The first-order chi connectivity index (χ1) is 21.8. The van der Waals surface area contributed by atoms with Crippen molar-refractivity contribution in [3.63, 3.8) is 0 Å². The summed E-state index contributed by atoms with van der Waals surface area (Å²) in [5, 5.41) is 10.7. The maximum Gasteiger partial charge on any atom is 0.196 e. The maximum atomic E-state index is 6.38. The van der Waals surface area contributed by atoms with Gasteiger partial charge >= 0.3 is 0 Å². The summed E-state index contributed by atoms with van der Waals surface area (Å²) in [7, 11) is 0. The second kappa shape index (κ2) is 9.89. The fourth-order valence-corrected chi connectivity index (χ4v) is 6.50. The minimum absolute atomic E-state index is 0.0903. The molecule has 2 atom stereocenters. The van der Waals surface area contributed by atoms with Gasteiger partial charge in [-0.05, 0) is 47.1 Å². The van der Waals surface area contributed by atoms with Crippen molar-refractivity contribution in [1.29, 1.82) is 0 Å². The number of aromatic nitrogens is 1. The van der Waals surface area contributed by atoms with Crippen LogP contribution in [0.3, 0.4) is 0 Å². The van der Waals surface area contributed by atoms with Crippen molar-refractivity contribution in [2.75, 3.05) is 5.32 Å². The van der Waals surface area contributed by atoms with Gasteiger partial charge in [0.25, 0.3) is 0 Å². The lowest BCUT2D eigenvalue weighted by Gasteiger charge is -2.24. The molecule has 210 valence electrons. The molecule has 0 bridgehead atoms. The first kappa shape index (κ1) is 24.8. The number of hydrogen-bond acceptors (Lipinski definition) is 5. The van der Waals surface area contributed by atoms with Crippen LogP contribution in [0.5, 0.6) is 5.75 Å². The average molecular weight is 569 g/mol. The normalized spacial score (nSPS) is 18.2. The van der Waals surface area contributed by atoms with Crippen LogP contribution in [-0.4, -0.2) is 16.0 Å². The van der Waals surface area contributed by atoms with Crippen molar-refractivity contribution in [2.24, 2.45) is 0 Å². The summed E-state index contributed by atoms with van der Waals surface area (Å²) >= 11 is 0. The van der Waals surface area contributed by atoms with Gasteiger partial charge in [-0.15, -0.1) is 0 Å². The molecule has 6 aromatic rings. The Balaban J connectivity index is 1.07. The summed E-state index contributed by atoms with van der Waals surface area (Å²) in [6.45, 7) is 0. The minimum Gasteiger partial charge on any atom is -0.464 e. The molecule has 0 saturated heterocycles. The number of para-hydroxylation sites is 1. The standard InChI is InChI=1S/C39H28N4O/c1-3-9-26(10-4-1)33-24-43-22-21-29(23-35(43)40-33)25-15-17-27(18-16-25)37-31-19-20-34-38(36(31)30-13-7-8-14-32(30)41-37)42-39(44-34)28-11-5-2-6-12-28/h1-24,35,39-40,42H. The van der Waals surface area contributed by atoms with Crippen LogP contribution in [0.15, 0.2) is 146 Å². The minimum atomic E-state index is -0.229. The van der Waals surface area contributed by atoms with Gasteiger partial charge in [-0.25, -0.2) is 4.98 Å². The maximum absolute atomic E-state index is 6.38. The first-order valence-corrected chi connectivity index (χ1v) is 14.9. The summed E-state index contributed by atoms with van der Waals surface area (Å²) < 4.78 is 6.38.